The van der Waals surface area contributed by atoms with Crippen LogP contribution in [0.5, 0.6) is 0 Å². The number of rotatable bonds is 19. The van der Waals surface area contributed by atoms with E-state index in [-0.39, 0.29) is 64.9 Å². The van der Waals surface area contributed by atoms with E-state index in [2.05, 4.69) is 56.2 Å². The predicted octanol–water partition coefficient (Wildman–Crippen LogP) is 9.00. The average Bonchev–Trinajstić information content (AvgIpc) is 3.84. The largest absolute Gasteiger partial charge is 0.501 e. The number of nitrogens with one attached hydrogen (secondary N) is 3. The van der Waals surface area contributed by atoms with Crippen LogP contribution in [0.1, 0.15) is 101 Å². The predicted molar refractivity (Wildman–Crippen MR) is 322 cm³/mol. The van der Waals surface area contributed by atoms with Crippen LogP contribution in [-0.4, -0.2) is 154 Å². The first kappa shape index (κ1) is 62.0. The first-order valence-corrected chi connectivity index (χ1v) is 33.2. The van der Waals surface area contributed by atoms with Gasteiger partial charge in [0.25, 0.3) is 37.6 Å². The lowest BCUT2D eigenvalue weighted by Crippen LogP contribution is -2.54. The lowest BCUT2D eigenvalue weighted by Gasteiger charge is -2.39. The molecule has 5 aromatic rings. The minimum atomic E-state index is -6.19. The van der Waals surface area contributed by atoms with E-state index in [4.69, 9.17) is 11.6 Å². The zero-order chi connectivity index (χ0) is 61.7. The summed E-state index contributed by atoms with van der Waals surface area (Å²) in [7, 11) is -11.1. The third kappa shape index (κ3) is 13.4. The molecule has 0 aromatic heterocycles. The van der Waals surface area contributed by atoms with Crippen molar-refractivity contribution in [1.29, 1.82) is 0 Å². The number of allylic oxidation sites excluding steroid dienone is 1. The molecule has 5 heterocycles. The van der Waals surface area contributed by atoms with Crippen molar-refractivity contribution in [3.63, 3.8) is 0 Å². The molecule has 5 aliphatic heterocycles. The molecule has 460 valence electrons. The van der Waals surface area contributed by atoms with Gasteiger partial charge in [0.05, 0.1) is 21.7 Å². The Morgan fingerprint density at radius 1 is 0.816 bits per heavy atom. The number of likely N-dealkylation sites (tertiary alicyclic amines) is 2. The van der Waals surface area contributed by atoms with E-state index in [1.165, 1.54) is 46.7 Å². The minimum Gasteiger partial charge on any atom is -0.380 e. The Bertz CT molecular complexity index is 3790. The quantitative estimate of drug-likeness (QED) is 0.0401. The number of piperazine rings is 2. The second kappa shape index (κ2) is 24.7. The highest BCUT2D eigenvalue weighted by Gasteiger charge is 2.50. The average molecular weight is 1270 g/mol. The molecular weight excluding hydrogens is 1210 g/mol. The Kier molecular flexibility index (Phi) is 17.6. The molecule has 0 radical (unpaired) electrons. The molecule has 3 N–H and O–H groups in total. The maximum atomic E-state index is 15.7. The normalized spacial score (nSPS) is 21.6. The van der Waals surface area contributed by atoms with E-state index in [1.807, 2.05) is 47.2 Å². The first-order valence-electron chi connectivity index (χ1n) is 28.8. The number of fused-ring (bicyclic) bond motifs is 3. The lowest BCUT2D eigenvalue weighted by atomic mass is 9.73. The number of carbonyl (C=O) groups is 5. The molecule has 4 saturated heterocycles. The van der Waals surface area contributed by atoms with Crippen molar-refractivity contribution >= 4 is 89.7 Å². The number of thioether (sulfide) groups is 1. The van der Waals surface area contributed by atoms with Gasteiger partial charge in [-0.15, -0.1) is 11.8 Å². The van der Waals surface area contributed by atoms with Crippen molar-refractivity contribution in [1.82, 2.24) is 29.6 Å². The third-order valence-electron chi connectivity index (χ3n) is 17.5. The van der Waals surface area contributed by atoms with Crippen LogP contribution in [0, 0.1) is 11.2 Å². The number of carbonyl (C=O) groups excluding carboxylic acids is 5. The molecule has 4 atom stereocenters. The second-order valence-electron chi connectivity index (χ2n) is 23.9. The van der Waals surface area contributed by atoms with Crippen LogP contribution < -0.4 is 20.3 Å². The molecule has 87 heavy (non-hydrogen) atoms. The van der Waals surface area contributed by atoms with Gasteiger partial charge in [-0.05, 0) is 134 Å². The van der Waals surface area contributed by atoms with Crippen molar-refractivity contribution < 1.29 is 58.4 Å². The van der Waals surface area contributed by atoms with E-state index in [0.717, 1.165) is 72.6 Å². The van der Waals surface area contributed by atoms with Crippen molar-refractivity contribution in [2.75, 3.05) is 68.3 Å². The number of sulfonamides is 1. The molecular formula is C62H65ClF4N8O9S3. The number of hydrogen-bond acceptors (Lipinski definition) is 15. The summed E-state index contributed by atoms with van der Waals surface area (Å²) < 4.78 is 116. The molecule has 1 unspecified atom stereocenters. The summed E-state index contributed by atoms with van der Waals surface area (Å²) >= 11 is 7.59. The van der Waals surface area contributed by atoms with E-state index in [1.54, 1.807) is 12.1 Å². The number of halogens is 5. The number of amides is 5. The molecule has 6 aliphatic rings. The van der Waals surface area contributed by atoms with E-state index in [9.17, 15) is 54.0 Å². The summed E-state index contributed by atoms with van der Waals surface area (Å²) in [6.07, 6.45) is 3.95. The number of imide groups is 2. The number of anilines is 2. The summed E-state index contributed by atoms with van der Waals surface area (Å²) in [6, 6.07) is 26.2. The number of piperidine rings is 1. The van der Waals surface area contributed by atoms with Gasteiger partial charge in [0.1, 0.15) is 16.8 Å². The van der Waals surface area contributed by atoms with Gasteiger partial charge in [0.2, 0.25) is 11.8 Å². The van der Waals surface area contributed by atoms with Gasteiger partial charge in [0, 0.05) is 116 Å². The SMILES string of the molecule is CC1(C)CCC(c2ccc(Cl)cc2)=C(CN2CCN(c3ccc(C(=O)NS(=O)(=O)c4ccc(N[C@H](CCN5C[C@H]6C[C@@H]5CN6Cc5cc6c(cc5F)C(=O)N(C5CCC(=O)NC5=O)C6=O)CSc5ccccc5)c(S(=O)(=O)C(F)(F)F)c4)cc3)CC2)C1. The molecule has 4 fully saturated rings. The fourth-order valence-corrected chi connectivity index (χ4v) is 16.0. The van der Waals surface area contributed by atoms with Gasteiger partial charge in [-0.2, -0.15) is 13.2 Å². The lowest BCUT2D eigenvalue weighted by molar-refractivity contribution is -0.136. The summed E-state index contributed by atoms with van der Waals surface area (Å²) in [5.74, 6) is -4.40. The Morgan fingerprint density at radius 3 is 2.16 bits per heavy atom. The zero-order valence-electron chi connectivity index (χ0n) is 47.7. The molecule has 5 aromatic carbocycles. The Morgan fingerprint density at radius 2 is 1.49 bits per heavy atom. The number of sulfone groups is 1. The van der Waals surface area contributed by atoms with Crippen LogP contribution >= 0.6 is 23.4 Å². The van der Waals surface area contributed by atoms with Crippen LogP contribution in [0.2, 0.25) is 5.02 Å². The smallest absolute Gasteiger partial charge is 0.380 e. The zero-order valence-corrected chi connectivity index (χ0v) is 51.0. The Hall–Kier alpha value is -6.67. The number of nitrogens with zero attached hydrogens (tertiary/aromatic N) is 5. The number of benzene rings is 5. The maximum Gasteiger partial charge on any atom is 0.501 e. The van der Waals surface area contributed by atoms with Gasteiger partial charge >= 0.3 is 5.51 Å². The van der Waals surface area contributed by atoms with Crippen molar-refractivity contribution in [3.8, 4) is 0 Å². The summed E-state index contributed by atoms with van der Waals surface area (Å²) in [5, 5.41) is 5.85. The first-order chi connectivity index (χ1) is 41.3. The van der Waals surface area contributed by atoms with E-state index >= 15 is 4.39 Å². The maximum absolute atomic E-state index is 15.7. The van der Waals surface area contributed by atoms with Crippen LogP contribution in [0.25, 0.3) is 5.57 Å². The van der Waals surface area contributed by atoms with Gasteiger partial charge in [-0.3, -0.25) is 48.9 Å². The van der Waals surface area contributed by atoms with Crippen LogP contribution in [-0.2, 0) is 36.0 Å². The van der Waals surface area contributed by atoms with Crippen molar-refractivity contribution in [2.24, 2.45) is 5.41 Å². The molecule has 17 nitrogen and oxygen atoms in total. The van der Waals surface area contributed by atoms with Gasteiger partial charge in [-0.25, -0.2) is 25.9 Å². The Labute approximate surface area is 511 Å². The molecule has 2 bridgehead atoms. The van der Waals surface area contributed by atoms with Crippen molar-refractivity contribution in [3.05, 3.63) is 153 Å². The van der Waals surface area contributed by atoms with E-state index < -0.39 is 88.3 Å². The number of hydrogen-bond donors (Lipinski definition) is 3. The molecule has 1 aliphatic carbocycles. The molecule has 0 saturated carbocycles. The third-order valence-corrected chi connectivity index (χ3v) is 21.8. The molecule has 11 rings (SSSR count). The molecule has 5 amide bonds. The monoisotopic (exact) mass is 1270 g/mol. The summed E-state index contributed by atoms with van der Waals surface area (Å²) in [6.45, 7) is 9.94. The highest BCUT2D eigenvalue weighted by molar-refractivity contribution is 7.99. The molecule has 25 heteroatoms. The minimum absolute atomic E-state index is 0.0276. The van der Waals surface area contributed by atoms with Crippen molar-refractivity contribution in [2.45, 2.75) is 110 Å². The highest BCUT2D eigenvalue weighted by atomic mass is 35.5. The fourth-order valence-electron chi connectivity index (χ4n) is 12.8. The van der Waals surface area contributed by atoms with Crippen LogP contribution in [0.3, 0.4) is 0 Å². The highest BCUT2D eigenvalue weighted by Crippen LogP contribution is 2.44. The summed E-state index contributed by atoms with van der Waals surface area (Å²) in [5.41, 5.74) is -1.42. The van der Waals surface area contributed by atoms with E-state index in [0.29, 0.717) is 56.7 Å². The van der Waals surface area contributed by atoms with Gasteiger partial charge < -0.3 is 10.2 Å². The summed E-state index contributed by atoms with van der Waals surface area (Å²) in [4.78, 5) is 72.9. The standard InChI is InChI=1S/C62H65ClF4N8O9S3/c1-61(2)22-20-49(38-8-12-42(63)13-9-38)41(32-61)33-71-24-26-72(27-25-71)44-14-10-39(11-15-44)57(77)70-87(83,84)48-16-17-53(55(30-48)86(81,82)62(65,66)67)68-43(37-85-47-6-4-3-5-7-47)21-23-73-35-46-29-45(73)36-74(46)34-40-28-50-51(31-52(40)64)60(80)75(59(50)79)54-18-19-56(76)69-58(54)78/h3-17,28,30-31,43,45-46,54,68H,18-27,29,32-37H2,1-2H3,(H,70,77)(H,69,76,78)/t43-,45-,46-,54?/m1/s1. The molecule has 0 spiro atoms. The van der Waals surface area contributed by atoms with Crippen LogP contribution in [0.4, 0.5) is 28.9 Å². The number of alkyl halides is 3. The van der Waals surface area contributed by atoms with Crippen LogP contribution in [0.15, 0.2) is 129 Å². The fraction of sp³-hybridized carbons (Fsp3) is 0.403. The van der Waals surface area contributed by atoms with Gasteiger partial charge in [0.15, 0.2) is 0 Å². The second-order valence-corrected chi connectivity index (χ2v) is 29.1. The topological polar surface area (TPSA) is 206 Å². The Balaban J connectivity index is 0.734. The van der Waals surface area contributed by atoms with Gasteiger partial charge in [-0.1, -0.05) is 61.4 Å².